The van der Waals surface area contributed by atoms with Crippen molar-refractivity contribution in [1.29, 1.82) is 0 Å². The molecule has 3 heteroatoms. The average molecular weight is 295 g/mol. The van der Waals surface area contributed by atoms with Gasteiger partial charge in [-0.2, -0.15) is 0 Å². The van der Waals surface area contributed by atoms with Crippen molar-refractivity contribution in [1.82, 2.24) is 9.88 Å². The summed E-state index contributed by atoms with van der Waals surface area (Å²) in [6.07, 6.45) is 1.19. The van der Waals surface area contributed by atoms with E-state index in [1.54, 1.807) is 0 Å². The summed E-state index contributed by atoms with van der Waals surface area (Å²) < 4.78 is 0. The zero-order chi connectivity index (χ0) is 15.4. The predicted molar refractivity (Wildman–Crippen MR) is 92.1 cm³/mol. The molecule has 116 valence electrons. The number of nitrogens with zero attached hydrogens (tertiary/aromatic N) is 3. The van der Waals surface area contributed by atoms with Gasteiger partial charge in [0.05, 0.1) is 0 Å². The third-order valence-electron chi connectivity index (χ3n) is 4.34. The average Bonchev–Trinajstić information content (AvgIpc) is 2.69. The molecular weight excluding hydrogens is 270 g/mol. The highest BCUT2D eigenvalue weighted by molar-refractivity contribution is 5.40. The molecule has 0 radical (unpaired) electrons. The maximum Gasteiger partial charge on any atom is 0.129 e. The molecule has 2 aromatic rings. The topological polar surface area (TPSA) is 19.4 Å². The van der Waals surface area contributed by atoms with Crippen LogP contribution in [0.25, 0.3) is 0 Å². The highest BCUT2D eigenvalue weighted by atomic mass is 15.3. The molecule has 1 atom stereocenters. The first-order valence-electron chi connectivity index (χ1n) is 8.19. The Morgan fingerprint density at radius 2 is 1.86 bits per heavy atom. The second-order valence-corrected chi connectivity index (χ2v) is 6.25. The third-order valence-corrected chi connectivity index (χ3v) is 4.34. The van der Waals surface area contributed by atoms with Crippen LogP contribution in [0.2, 0.25) is 0 Å². The van der Waals surface area contributed by atoms with E-state index in [4.69, 9.17) is 4.98 Å². The Bertz CT molecular complexity index is 597. The van der Waals surface area contributed by atoms with E-state index in [1.165, 1.54) is 12.0 Å². The van der Waals surface area contributed by atoms with Crippen LogP contribution in [0.3, 0.4) is 0 Å². The number of aromatic nitrogens is 1. The van der Waals surface area contributed by atoms with E-state index in [0.717, 1.165) is 37.7 Å². The first-order valence-corrected chi connectivity index (χ1v) is 8.19. The van der Waals surface area contributed by atoms with Crippen molar-refractivity contribution in [3.8, 4) is 0 Å². The molecule has 3 nitrogen and oxygen atoms in total. The predicted octanol–water partition coefficient (Wildman–Crippen LogP) is 3.49. The molecule has 1 aliphatic rings. The molecule has 22 heavy (non-hydrogen) atoms. The van der Waals surface area contributed by atoms with Gasteiger partial charge < -0.3 is 4.90 Å². The Hall–Kier alpha value is -1.87. The van der Waals surface area contributed by atoms with Crippen LogP contribution in [-0.4, -0.2) is 35.6 Å². The van der Waals surface area contributed by atoms with Crippen LogP contribution >= 0.6 is 0 Å². The largest absolute Gasteiger partial charge is 0.353 e. The minimum absolute atomic E-state index is 0.487. The number of benzene rings is 1. The maximum absolute atomic E-state index is 4.71. The van der Waals surface area contributed by atoms with Crippen LogP contribution in [0, 0.1) is 6.92 Å². The fraction of sp³-hybridized carbons (Fsp3) is 0.421. The Balaban J connectivity index is 1.69. The van der Waals surface area contributed by atoms with E-state index < -0.39 is 0 Å². The molecule has 0 bridgehead atoms. The van der Waals surface area contributed by atoms with Crippen LogP contribution in [0.1, 0.15) is 24.6 Å². The molecule has 1 aromatic heterocycles. The summed E-state index contributed by atoms with van der Waals surface area (Å²) in [5.74, 6) is 1.12. The van der Waals surface area contributed by atoms with Gasteiger partial charge in [0.25, 0.3) is 0 Å². The summed E-state index contributed by atoms with van der Waals surface area (Å²) in [5, 5.41) is 0. The van der Waals surface area contributed by atoms with Crippen molar-refractivity contribution in [2.45, 2.75) is 32.9 Å². The Kier molecular flexibility index (Phi) is 4.74. The normalized spacial score (nSPS) is 19.9. The monoisotopic (exact) mass is 295 g/mol. The first kappa shape index (κ1) is 15.0. The van der Waals surface area contributed by atoms with E-state index in [-0.39, 0.29) is 0 Å². The molecule has 0 N–H and O–H groups in total. The number of aryl methyl sites for hydroxylation is 1. The Labute approximate surface area is 133 Å². The number of hydrogen-bond acceptors (Lipinski definition) is 3. The fourth-order valence-electron chi connectivity index (χ4n) is 3.26. The summed E-state index contributed by atoms with van der Waals surface area (Å²) in [6.45, 7) is 8.75. The lowest BCUT2D eigenvalue weighted by Gasteiger charge is -2.30. The van der Waals surface area contributed by atoms with E-state index in [9.17, 15) is 0 Å². The van der Waals surface area contributed by atoms with Crippen molar-refractivity contribution >= 4 is 5.82 Å². The molecule has 0 saturated carbocycles. The minimum Gasteiger partial charge on any atom is -0.353 e. The van der Waals surface area contributed by atoms with Crippen LogP contribution in [0.15, 0.2) is 48.5 Å². The molecule has 1 fully saturated rings. The molecule has 1 aliphatic heterocycles. The van der Waals surface area contributed by atoms with Gasteiger partial charge in [-0.05, 0) is 38.0 Å². The van der Waals surface area contributed by atoms with Crippen molar-refractivity contribution in [2.75, 3.05) is 24.5 Å². The van der Waals surface area contributed by atoms with Gasteiger partial charge in [-0.3, -0.25) is 4.90 Å². The molecule has 2 heterocycles. The van der Waals surface area contributed by atoms with Crippen LogP contribution in [0.4, 0.5) is 5.82 Å². The van der Waals surface area contributed by atoms with Gasteiger partial charge in [0.2, 0.25) is 0 Å². The second-order valence-electron chi connectivity index (χ2n) is 6.25. The quantitative estimate of drug-likeness (QED) is 0.864. The molecule has 1 unspecified atom stereocenters. The number of anilines is 1. The second kappa shape index (κ2) is 6.93. The SMILES string of the molecule is Cc1cccc(N2CCCN(Cc3ccccc3)CC2C)n1. The third kappa shape index (κ3) is 3.66. The summed E-state index contributed by atoms with van der Waals surface area (Å²) in [5.41, 5.74) is 2.49. The lowest BCUT2D eigenvalue weighted by atomic mass is 10.2. The Morgan fingerprint density at radius 3 is 2.64 bits per heavy atom. The van der Waals surface area contributed by atoms with Crippen LogP contribution in [-0.2, 0) is 6.54 Å². The fourth-order valence-corrected chi connectivity index (χ4v) is 3.26. The minimum atomic E-state index is 0.487. The van der Waals surface area contributed by atoms with Crippen LogP contribution in [0.5, 0.6) is 0 Å². The molecule has 0 aliphatic carbocycles. The van der Waals surface area contributed by atoms with Gasteiger partial charge in [-0.15, -0.1) is 0 Å². The Morgan fingerprint density at radius 1 is 1.05 bits per heavy atom. The number of hydrogen-bond donors (Lipinski definition) is 0. The lowest BCUT2D eigenvalue weighted by molar-refractivity contribution is 0.268. The van der Waals surface area contributed by atoms with E-state index in [1.807, 2.05) is 0 Å². The number of pyridine rings is 1. The van der Waals surface area contributed by atoms with Crippen molar-refractivity contribution in [2.24, 2.45) is 0 Å². The zero-order valence-electron chi connectivity index (χ0n) is 13.6. The van der Waals surface area contributed by atoms with Crippen molar-refractivity contribution in [3.63, 3.8) is 0 Å². The van der Waals surface area contributed by atoms with Crippen LogP contribution < -0.4 is 4.90 Å². The van der Waals surface area contributed by atoms with Gasteiger partial charge in [-0.25, -0.2) is 4.98 Å². The summed E-state index contributed by atoms with van der Waals surface area (Å²) in [4.78, 5) is 9.73. The molecular formula is C19H25N3. The van der Waals surface area contributed by atoms with Crippen molar-refractivity contribution < 1.29 is 0 Å². The lowest BCUT2D eigenvalue weighted by Crippen LogP contribution is -2.39. The summed E-state index contributed by atoms with van der Waals surface area (Å²) in [7, 11) is 0. The van der Waals surface area contributed by atoms with E-state index in [2.05, 4.69) is 72.2 Å². The molecule has 3 rings (SSSR count). The van der Waals surface area contributed by atoms with Gasteiger partial charge in [0.15, 0.2) is 0 Å². The maximum atomic E-state index is 4.71. The molecule has 1 aromatic carbocycles. The van der Waals surface area contributed by atoms with Gasteiger partial charge >= 0.3 is 0 Å². The molecule has 0 spiro atoms. The van der Waals surface area contributed by atoms with E-state index in [0.29, 0.717) is 6.04 Å². The molecule has 0 amide bonds. The standard InChI is InChI=1S/C19H25N3/c1-16-8-6-11-19(20-16)22-13-7-12-21(14-17(22)2)15-18-9-4-3-5-10-18/h3-6,8-11,17H,7,12-15H2,1-2H3. The first-order chi connectivity index (χ1) is 10.7. The van der Waals surface area contributed by atoms with E-state index >= 15 is 0 Å². The van der Waals surface area contributed by atoms with Gasteiger partial charge in [0, 0.05) is 37.9 Å². The van der Waals surface area contributed by atoms with Gasteiger partial charge in [-0.1, -0.05) is 36.4 Å². The van der Waals surface area contributed by atoms with Gasteiger partial charge in [0.1, 0.15) is 5.82 Å². The highest BCUT2D eigenvalue weighted by Crippen LogP contribution is 2.19. The summed E-state index contributed by atoms with van der Waals surface area (Å²) >= 11 is 0. The number of rotatable bonds is 3. The summed E-state index contributed by atoms with van der Waals surface area (Å²) in [6, 6.07) is 17.6. The molecule has 1 saturated heterocycles. The smallest absolute Gasteiger partial charge is 0.129 e. The van der Waals surface area contributed by atoms with Crippen molar-refractivity contribution in [3.05, 3.63) is 59.8 Å². The zero-order valence-corrected chi connectivity index (χ0v) is 13.6. The highest BCUT2D eigenvalue weighted by Gasteiger charge is 2.22.